The van der Waals surface area contributed by atoms with Gasteiger partial charge in [0.2, 0.25) is 5.56 Å². The number of methoxy groups -OCH3 is 1. The molecule has 0 saturated heterocycles. The van der Waals surface area contributed by atoms with Gasteiger partial charge in [0.05, 0.1) is 18.7 Å². The Hall–Kier alpha value is -3.12. The lowest BCUT2D eigenvalue weighted by Crippen LogP contribution is -2.35. The van der Waals surface area contributed by atoms with E-state index < -0.39 is 0 Å². The van der Waals surface area contributed by atoms with Crippen molar-refractivity contribution in [2.45, 2.75) is 6.04 Å². The Morgan fingerprint density at radius 3 is 2.52 bits per heavy atom. The Bertz CT molecular complexity index is 993. The highest BCUT2D eigenvalue weighted by atomic mass is 16.5. The van der Waals surface area contributed by atoms with Crippen LogP contribution in [0.5, 0.6) is 5.75 Å². The lowest BCUT2D eigenvalue weighted by molar-refractivity contribution is 0.0943. The van der Waals surface area contributed by atoms with Crippen molar-refractivity contribution in [2.24, 2.45) is 0 Å². The van der Waals surface area contributed by atoms with Gasteiger partial charge in [-0.15, -0.1) is 0 Å². The molecule has 2 N–H and O–H groups in total. The number of rotatable bonds is 6. The Kier molecular flexibility index (Phi) is 5.57. The van der Waals surface area contributed by atoms with Crippen molar-refractivity contribution in [1.29, 1.82) is 0 Å². The van der Waals surface area contributed by atoms with Crippen LogP contribution in [0.4, 0.5) is 0 Å². The highest BCUT2D eigenvalue weighted by molar-refractivity contribution is 6.05. The van der Waals surface area contributed by atoms with Gasteiger partial charge in [-0.2, -0.15) is 0 Å². The average molecular weight is 365 g/mol. The number of fused-ring (bicyclic) bond motifs is 1. The summed E-state index contributed by atoms with van der Waals surface area (Å²) in [6.07, 6.45) is 0. The summed E-state index contributed by atoms with van der Waals surface area (Å²) >= 11 is 0. The van der Waals surface area contributed by atoms with E-state index in [2.05, 4.69) is 10.3 Å². The van der Waals surface area contributed by atoms with Gasteiger partial charge >= 0.3 is 0 Å². The van der Waals surface area contributed by atoms with Crippen LogP contribution in [0, 0.1) is 0 Å². The van der Waals surface area contributed by atoms with E-state index in [1.54, 1.807) is 13.2 Å². The number of hydrogen-bond donors (Lipinski definition) is 2. The van der Waals surface area contributed by atoms with E-state index in [-0.39, 0.29) is 17.5 Å². The standard InChI is InChI=1S/C21H23N3O3/c1-24(2)19(14-8-10-15(27-3)11-9-14)13-22-21(26)17-12-20(25)23-18-7-5-4-6-16(17)18/h4-12,19H,13H2,1-3H3,(H,22,26)(H,23,25)/t19-/m0/s1. The van der Waals surface area contributed by atoms with Crippen LogP contribution >= 0.6 is 0 Å². The molecule has 1 amide bonds. The number of ether oxygens (including phenoxy) is 1. The summed E-state index contributed by atoms with van der Waals surface area (Å²) < 4.78 is 5.20. The van der Waals surface area contributed by atoms with Crippen LogP contribution in [-0.2, 0) is 0 Å². The maximum Gasteiger partial charge on any atom is 0.252 e. The van der Waals surface area contributed by atoms with Crippen LogP contribution in [0.2, 0.25) is 0 Å². The van der Waals surface area contributed by atoms with Crippen molar-refractivity contribution >= 4 is 16.8 Å². The molecule has 2 aromatic carbocycles. The van der Waals surface area contributed by atoms with Crippen molar-refractivity contribution in [2.75, 3.05) is 27.7 Å². The first-order chi connectivity index (χ1) is 13.0. The second-order valence-electron chi connectivity index (χ2n) is 6.56. The second kappa shape index (κ2) is 8.05. The smallest absolute Gasteiger partial charge is 0.252 e. The quantitative estimate of drug-likeness (QED) is 0.704. The van der Waals surface area contributed by atoms with Gasteiger partial charge < -0.3 is 19.9 Å². The van der Waals surface area contributed by atoms with E-state index in [0.717, 1.165) is 16.7 Å². The zero-order chi connectivity index (χ0) is 19.4. The van der Waals surface area contributed by atoms with Gasteiger partial charge in [-0.1, -0.05) is 30.3 Å². The maximum atomic E-state index is 12.8. The predicted molar refractivity (Wildman–Crippen MR) is 106 cm³/mol. The van der Waals surface area contributed by atoms with Gasteiger partial charge in [0.25, 0.3) is 5.91 Å². The normalized spacial score (nSPS) is 12.1. The summed E-state index contributed by atoms with van der Waals surface area (Å²) in [4.78, 5) is 29.4. The van der Waals surface area contributed by atoms with Crippen LogP contribution in [0.25, 0.3) is 10.9 Å². The molecule has 0 spiro atoms. The second-order valence-corrected chi connectivity index (χ2v) is 6.56. The minimum absolute atomic E-state index is 0.00637. The van der Waals surface area contributed by atoms with Gasteiger partial charge in [-0.05, 0) is 37.9 Å². The monoisotopic (exact) mass is 365 g/mol. The molecular formula is C21H23N3O3. The molecule has 0 unspecified atom stereocenters. The molecule has 0 aliphatic rings. The van der Waals surface area contributed by atoms with Crippen molar-refractivity contribution < 1.29 is 9.53 Å². The third kappa shape index (κ3) is 4.17. The number of para-hydroxylation sites is 1. The molecule has 1 heterocycles. The topological polar surface area (TPSA) is 74.4 Å². The zero-order valence-electron chi connectivity index (χ0n) is 15.7. The first-order valence-electron chi connectivity index (χ1n) is 8.70. The van der Waals surface area contributed by atoms with Crippen LogP contribution < -0.4 is 15.6 Å². The number of aromatic amines is 1. The molecule has 6 heteroatoms. The van der Waals surface area contributed by atoms with Crippen molar-refractivity contribution in [3.63, 3.8) is 0 Å². The Morgan fingerprint density at radius 2 is 1.85 bits per heavy atom. The van der Waals surface area contributed by atoms with Crippen LogP contribution in [0.1, 0.15) is 22.0 Å². The molecule has 0 aliphatic heterocycles. The molecule has 0 fully saturated rings. The number of amides is 1. The van der Waals surface area contributed by atoms with Crippen molar-refractivity contribution in [3.8, 4) is 5.75 Å². The number of H-pyrrole nitrogens is 1. The Morgan fingerprint density at radius 1 is 1.15 bits per heavy atom. The fourth-order valence-corrected chi connectivity index (χ4v) is 3.10. The molecular weight excluding hydrogens is 342 g/mol. The SMILES string of the molecule is COc1ccc([C@H](CNC(=O)c2cc(=O)[nH]c3ccccc23)N(C)C)cc1. The number of likely N-dealkylation sites (N-methyl/N-ethyl adjacent to an activating group) is 1. The van der Waals surface area contributed by atoms with E-state index in [1.165, 1.54) is 6.07 Å². The average Bonchev–Trinajstić information content (AvgIpc) is 2.67. The van der Waals surface area contributed by atoms with E-state index in [0.29, 0.717) is 17.6 Å². The zero-order valence-corrected chi connectivity index (χ0v) is 15.7. The van der Waals surface area contributed by atoms with Crippen molar-refractivity contribution in [1.82, 2.24) is 15.2 Å². The molecule has 140 valence electrons. The van der Waals surface area contributed by atoms with E-state index in [1.807, 2.05) is 61.5 Å². The van der Waals surface area contributed by atoms with Crippen LogP contribution in [0.15, 0.2) is 59.4 Å². The highest BCUT2D eigenvalue weighted by Gasteiger charge is 2.17. The number of nitrogens with one attached hydrogen (secondary N) is 2. The maximum absolute atomic E-state index is 12.8. The Balaban J connectivity index is 1.81. The van der Waals surface area contributed by atoms with Gasteiger partial charge in [0, 0.05) is 23.5 Å². The summed E-state index contributed by atoms with van der Waals surface area (Å²) in [5.74, 6) is 0.521. The molecule has 0 radical (unpaired) electrons. The lowest BCUT2D eigenvalue weighted by Gasteiger charge is -2.25. The third-order valence-corrected chi connectivity index (χ3v) is 4.58. The summed E-state index contributed by atoms with van der Waals surface area (Å²) in [5, 5.41) is 3.68. The molecule has 0 saturated carbocycles. The molecule has 3 aromatic rings. The van der Waals surface area contributed by atoms with Crippen LogP contribution in [0.3, 0.4) is 0 Å². The molecule has 1 atom stereocenters. The summed E-state index contributed by atoms with van der Waals surface area (Å²) in [6, 6.07) is 16.4. The highest BCUT2D eigenvalue weighted by Crippen LogP contribution is 2.21. The summed E-state index contributed by atoms with van der Waals surface area (Å²) in [7, 11) is 5.55. The fraction of sp³-hybridized carbons (Fsp3) is 0.238. The summed E-state index contributed by atoms with van der Waals surface area (Å²) in [6.45, 7) is 0.416. The molecule has 6 nitrogen and oxygen atoms in total. The largest absolute Gasteiger partial charge is 0.497 e. The minimum atomic E-state index is -0.293. The molecule has 0 aliphatic carbocycles. The van der Waals surface area contributed by atoms with E-state index in [9.17, 15) is 9.59 Å². The van der Waals surface area contributed by atoms with Gasteiger partial charge in [0.15, 0.2) is 0 Å². The third-order valence-electron chi connectivity index (χ3n) is 4.58. The molecule has 1 aromatic heterocycles. The fourth-order valence-electron chi connectivity index (χ4n) is 3.10. The number of pyridine rings is 1. The molecule has 27 heavy (non-hydrogen) atoms. The van der Waals surface area contributed by atoms with Crippen LogP contribution in [-0.4, -0.2) is 43.5 Å². The Labute approximate surface area is 157 Å². The van der Waals surface area contributed by atoms with Crippen molar-refractivity contribution in [3.05, 3.63) is 76.1 Å². The number of aromatic nitrogens is 1. The number of carbonyl (C=O) groups excluding carboxylic acids is 1. The summed E-state index contributed by atoms with van der Waals surface area (Å²) in [5.41, 5.74) is 1.80. The molecule has 0 bridgehead atoms. The number of hydrogen-bond acceptors (Lipinski definition) is 4. The number of carbonyl (C=O) groups is 1. The van der Waals surface area contributed by atoms with Gasteiger partial charge in [-0.3, -0.25) is 9.59 Å². The molecule has 3 rings (SSSR count). The lowest BCUT2D eigenvalue weighted by atomic mass is 10.0. The van der Waals surface area contributed by atoms with Gasteiger partial charge in [-0.25, -0.2) is 0 Å². The predicted octanol–water partition coefficient (Wildman–Crippen LogP) is 2.57. The van der Waals surface area contributed by atoms with E-state index >= 15 is 0 Å². The first kappa shape index (κ1) is 18.7. The van der Waals surface area contributed by atoms with E-state index in [4.69, 9.17) is 4.74 Å². The van der Waals surface area contributed by atoms with Gasteiger partial charge in [0.1, 0.15) is 5.75 Å². The number of benzene rings is 2. The minimum Gasteiger partial charge on any atom is -0.497 e. The first-order valence-corrected chi connectivity index (χ1v) is 8.70. The number of nitrogens with zero attached hydrogens (tertiary/aromatic N) is 1.